The van der Waals surface area contributed by atoms with Gasteiger partial charge in [-0.25, -0.2) is 0 Å². The van der Waals surface area contributed by atoms with Gasteiger partial charge in [-0.15, -0.1) is 13.2 Å². The molecule has 2 nitrogen and oxygen atoms in total. The highest BCUT2D eigenvalue weighted by molar-refractivity contribution is 6.34. The van der Waals surface area contributed by atoms with Crippen LogP contribution in [0.15, 0.2) is 44.0 Å². The van der Waals surface area contributed by atoms with Crippen molar-refractivity contribution in [1.82, 2.24) is 0 Å². The van der Waals surface area contributed by atoms with Gasteiger partial charge in [0.15, 0.2) is 0 Å². The number of anilines is 1. The van der Waals surface area contributed by atoms with Crippen molar-refractivity contribution in [2.75, 3.05) is 5.73 Å². The highest BCUT2D eigenvalue weighted by Gasteiger charge is 2.02. The summed E-state index contributed by atoms with van der Waals surface area (Å²) in [4.78, 5) is 0. The molecule has 1 aromatic carbocycles. The summed E-state index contributed by atoms with van der Waals surface area (Å²) < 4.78 is 0. The molecular formula is C11H13ClN2. The Morgan fingerprint density at radius 1 is 1.43 bits per heavy atom. The van der Waals surface area contributed by atoms with E-state index < -0.39 is 0 Å². The second-order valence-corrected chi connectivity index (χ2v) is 2.76. The summed E-state index contributed by atoms with van der Waals surface area (Å²) in [7, 11) is 0. The Balaban J connectivity index is 0.000000791. The van der Waals surface area contributed by atoms with Crippen molar-refractivity contribution in [1.29, 1.82) is 5.41 Å². The van der Waals surface area contributed by atoms with Crippen LogP contribution in [0.3, 0.4) is 0 Å². The van der Waals surface area contributed by atoms with E-state index in [-0.39, 0.29) is 5.71 Å². The van der Waals surface area contributed by atoms with E-state index in [0.717, 1.165) is 0 Å². The van der Waals surface area contributed by atoms with Crippen LogP contribution in [-0.2, 0) is 0 Å². The molecular weight excluding hydrogens is 196 g/mol. The fourth-order valence-corrected chi connectivity index (χ4v) is 1.08. The molecule has 0 aliphatic rings. The van der Waals surface area contributed by atoms with Gasteiger partial charge in [-0.2, -0.15) is 0 Å². The van der Waals surface area contributed by atoms with Crippen LogP contribution in [-0.4, -0.2) is 5.71 Å². The highest BCUT2D eigenvalue weighted by Crippen LogP contribution is 2.19. The van der Waals surface area contributed by atoms with Gasteiger partial charge in [-0.1, -0.05) is 18.2 Å². The third-order valence-corrected chi connectivity index (χ3v) is 1.81. The molecule has 0 unspecified atom stereocenters. The zero-order valence-corrected chi connectivity index (χ0v) is 8.64. The molecule has 3 N–H and O–H groups in total. The van der Waals surface area contributed by atoms with Gasteiger partial charge in [0.05, 0.1) is 10.7 Å². The maximum absolute atomic E-state index is 7.46. The second kappa shape index (κ2) is 6.00. The summed E-state index contributed by atoms with van der Waals surface area (Å²) in [5, 5.41) is 7.98. The van der Waals surface area contributed by atoms with E-state index in [9.17, 15) is 0 Å². The first kappa shape index (κ1) is 12.5. The third kappa shape index (κ3) is 3.07. The minimum Gasteiger partial charge on any atom is -0.399 e. The number of hydrogen-bond acceptors (Lipinski definition) is 2. The summed E-state index contributed by atoms with van der Waals surface area (Å²) in [6, 6.07) is 5.03. The Morgan fingerprint density at radius 3 is 2.50 bits per heavy atom. The van der Waals surface area contributed by atoms with Gasteiger partial charge in [0.1, 0.15) is 0 Å². The maximum Gasteiger partial charge on any atom is 0.0622 e. The Morgan fingerprint density at radius 2 is 2.00 bits per heavy atom. The minimum absolute atomic E-state index is 0.285. The third-order valence-electron chi connectivity index (χ3n) is 1.48. The molecule has 1 rings (SSSR count). The lowest BCUT2D eigenvalue weighted by Crippen LogP contribution is -1.96. The van der Waals surface area contributed by atoms with Gasteiger partial charge in [-0.05, 0) is 24.3 Å². The first-order valence-electron chi connectivity index (χ1n) is 3.91. The standard InChI is InChI=1S/C9H9ClN2.C2H4/c1-2-9(12)7-5-6(11)3-4-8(7)10;1-2/h2-5,12H,1,11H2;1-2H2. The van der Waals surface area contributed by atoms with Crippen LogP contribution in [0.4, 0.5) is 5.69 Å². The number of hydrogen-bond donors (Lipinski definition) is 2. The molecule has 0 radical (unpaired) electrons. The first-order chi connectivity index (χ1) is 6.65. The van der Waals surface area contributed by atoms with Gasteiger partial charge >= 0.3 is 0 Å². The van der Waals surface area contributed by atoms with E-state index in [1.807, 2.05) is 0 Å². The molecule has 0 saturated carbocycles. The lowest BCUT2D eigenvalue weighted by atomic mass is 10.1. The summed E-state index contributed by atoms with van der Waals surface area (Å²) in [5.74, 6) is 0. The maximum atomic E-state index is 7.46. The van der Waals surface area contributed by atoms with E-state index in [0.29, 0.717) is 16.3 Å². The van der Waals surface area contributed by atoms with Gasteiger partial charge < -0.3 is 11.1 Å². The Bertz CT molecular complexity index is 345. The number of nitrogens with two attached hydrogens (primary N) is 1. The molecule has 14 heavy (non-hydrogen) atoms. The van der Waals surface area contributed by atoms with Crippen molar-refractivity contribution < 1.29 is 0 Å². The molecule has 0 saturated heterocycles. The average Bonchev–Trinajstić information content (AvgIpc) is 2.23. The van der Waals surface area contributed by atoms with Crippen molar-refractivity contribution in [3.05, 3.63) is 54.6 Å². The monoisotopic (exact) mass is 208 g/mol. The van der Waals surface area contributed by atoms with E-state index in [1.165, 1.54) is 6.08 Å². The minimum atomic E-state index is 0.285. The van der Waals surface area contributed by atoms with Crippen molar-refractivity contribution >= 4 is 23.0 Å². The molecule has 0 bridgehead atoms. The molecule has 0 aromatic heterocycles. The number of nitrogen functional groups attached to an aromatic ring is 1. The number of nitrogens with one attached hydrogen (secondary N) is 1. The fourth-order valence-electron chi connectivity index (χ4n) is 0.859. The number of allylic oxidation sites excluding steroid dienone is 1. The van der Waals surface area contributed by atoms with Crippen LogP contribution in [0.2, 0.25) is 5.02 Å². The summed E-state index contributed by atoms with van der Waals surface area (Å²) in [6.45, 7) is 9.48. The van der Waals surface area contributed by atoms with Crippen LogP contribution < -0.4 is 5.73 Å². The molecule has 0 aliphatic carbocycles. The van der Waals surface area contributed by atoms with Crippen LogP contribution in [0, 0.1) is 5.41 Å². The zero-order valence-electron chi connectivity index (χ0n) is 7.89. The number of benzene rings is 1. The van der Waals surface area contributed by atoms with Crippen LogP contribution >= 0.6 is 11.6 Å². The van der Waals surface area contributed by atoms with Gasteiger partial charge in [0.2, 0.25) is 0 Å². The van der Waals surface area contributed by atoms with E-state index in [4.69, 9.17) is 22.7 Å². The molecule has 1 aromatic rings. The quantitative estimate of drug-likeness (QED) is 0.438. The van der Waals surface area contributed by atoms with E-state index >= 15 is 0 Å². The largest absolute Gasteiger partial charge is 0.399 e. The molecule has 0 fully saturated rings. The molecule has 0 aliphatic heterocycles. The summed E-state index contributed by atoms with van der Waals surface area (Å²) in [6.07, 6.45) is 1.43. The molecule has 0 spiro atoms. The molecule has 74 valence electrons. The molecule has 0 amide bonds. The lowest BCUT2D eigenvalue weighted by molar-refractivity contribution is 1.49. The van der Waals surface area contributed by atoms with Crippen LogP contribution in [0.1, 0.15) is 5.56 Å². The van der Waals surface area contributed by atoms with Crippen LogP contribution in [0.5, 0.6) is 0 Å². The number of halogens is 1. The van der Waals surface area contributed by atoms with Crippen LogP contribution in [0.25, 0.3) is 0 Å². The Kier molecular flexibility index (Phi) is 5.34. The number of rotatable bonds is 2. The van der Waals surface area contributed by atoms with Crippen molar-refractivity contribution in [3.63, 3.8) is 0 Å². The SMILES string of the molecule is C=C.C=CC(=N)c1cc(N)ccc1Cl. The molecule has 0 heterocycles. The van der Waals surface area contributed by atoms with E-state index in [2.05, 4.69) is 19.7 Å². The highest BCUT2D eigenvalue weighted by atomic mass is 35.5. The van der Waals surface area contributed by atoms with Crippen molar-refractivity contribution in [3.8, 4) is 0 Å². The fraction of sp³-hybridized carbons (Fsp3) is 0. The average molecular weight is 209 g/mol. The van der Waals surface area contributed by atoms with Crippen molar-refractivity contribution in [2.45, 2.75) is 0 Å². The van der Waals surface area contributed by atoms with Crippen molar-refractivity contribution in [2.24, 2.45) is 0 Å². The predicted molar refractivity (Wildman–Crippen MR) is 64.1 cm³/mol. The predicted octanol–water partition coefficient (Wildman–Crippen LogP) is 3.28. The Hall–Kier alpha value is -1.54. The topological polar surface area (TPSA) is 49.9 Å². The van der Waals surface area contributed by atoms with Gasteiger partial charge in [0.25, 0.3) is 0 Å². The summed E-state index contributed by atoms with van der Waals surface area (Å²) >= 11 is 5.83. The first-order valence-corrected chi connectivity index (χ1v) is 4.29. The normalized spacial score (nSPS) is 8.36. The Labute approximate surface area is 89.2 Å². The smallest absolute Gasteiger partial charge is 0.0622 e. The summed E-state index contributed by atoms with van der Waals surface area (Å²) in [5.41, 5.74) is 7.03. The van der Waals surface area contributed by atoms with E-state index in [1.54, 1.807) is 18.2 Å². The zero-order chi connectivity index (χ0) is 11.1. The second-order valence-electron chi connectivity index (χ2n) is 2.36. The lowest BCUT2D eigenvalue weighted by Gasteiger charge is -2.02. The van der Waals surface area contributed by atoms with Gasteiger partial charge in [-0.3, -0.25) is 0 Å². The molecule has 0 atom stereocenters. The molecule has 3 heteroatoms. The van der Waals surface area contributed by atoms with Gasteiger partial charge in [0, 0.05) is 11.3 Å².